The van der Waals surface area contributed by atoms with Gasteiger partial charge in [-0.15, -0.1) is 0 Å². The molecule has 0 aromatic heterocycles. The summed E-state index contributed by atoms with van der Waals surface area (Å²) in [6.45, 7) is 5.19. The van der Waals surface area contributed by atoms with E-state index in [1.807, 2.05) is 0 Å². The first-order valence-corrected chi connectivity index (χ1v) is 6.40. The molecule has 94 valence electrons. The molecule has 0 aromatic carbocycles. The van der Waals surface area contributed by atoms with Crippen molar-refractivity contribution in [3.05, 3.63) is 0 Å². The zero-order valence-electron chi connectivity index (χ0n) is 10.3. The van der Waals surface area contributed by atoms with Crippen LogP contribution >= 0.6 is 0 Å². The van der Waals surface area contributed by atoms with Crippen LogP contribution in [0.3, 0.4) is 0 Å². The smallest absolute Gasteiger partial charge is 0.221 e. The second kappa shape index (κ2) is 8.53. The number of rotatable bonds is 10. The van der Waals surface area contributed by atoms with Gasteiger partial charge in [0.25, 0.3) is 0 Å². The second-order valence-electron chi connectivity index (χ2n) is 4.29. The second-order valence-corrected chi connectivity index (χ2v) is 4.29. The largest absolute Gasteiger partial charge is 0.381 e. The number of carbonyl (C=O) groups is 1. The van der Waals surface area contributed by atoms with E-state index in [-0.39, 0.29) is 5.91 Å². The van der Waals surface area contributed by atoms with E-state index in [0.29, 0.717) is 12.5 Å². The Hall–Kier alpha value is -0.610. The van der Waals surface area contributed by atoms with Crippen molar-refractivity contribution in [3.63, 3.8) is 0 Å². The van der Waals surface area contributed by atoms with Gasteiger partial charge in [-0.05, 0) is 25.7 Å². The minimum atomic E-state index is 0.142. The van der Waals surface area contributed by atoms with Gasteiger partial charge in [0.1, 0.15) is 0 Å². The maximum atomic E-state index is 11.3. The maximum absolute atomic E-state index is 11.3. The van der Waals surface area contributed by atoms with Crippen LogP contribution in [0.4, 0.5) is 0 Å². The molecule has 0 spiro atoms. The van der Waals surface area contributed by atoms with E-state index in [2.05, 4.69) is 17.6 Å². The molecule has 0 heterocycles. The summed E-state index contributed by atoms with van der Waals surface area (Å²) in [5.74, 6) is 0.142. The number of carbonyl (C=O) groups excluding carboxylic acids is 1. The van der Waals surface area contributed by atoms with Gasteiger partial charge in [-0.3, -0.25) is 4.79 Å². The summed E-state index contributed by atoms with van der Waals surface area (Å²) >= 11 is 0. The lowest BCUT2D eigenvalue weighted by atomic mass is 10.3. The number of amides is 1. The van der Waals surface area contributed by atoms with Gasteiger partial charge < -0.3 is 15.4 Å². The quantitative estimate of drug-likeness (QED) is 0.550. The monoisotopic (exact) mass is 228 g/mol. The van der Waals surface area contributed by atoms with Gasteiger partial charge in [-0.2, -0.15) is 0 Å². The minimum Gasteiger partial charge on any atom is -0.381 e. The lowest BCUT2D eigenvalue weighted by Gasteiger charge is -2.06. The summed E-state index contributed by atoms with van der Waals surface area (Å²) in [4.78, 5) is 11.3. The lowest BCUT2D eigenvalue weighted by molar-refractivity contribution is -0.121. The summed E-state index contributed by atoms with van der Waals surface area (Å²) < 4.78 is 5.32. The molecule has 4 heteroatoms. The summed E-state index contributed by atoms with van der Waals surface area (Å²) in [7, 11) is 0. The molecule has 16 heavy (non-hydrogen) atoms. The van der Waals surface area contributed by atoms with Crippen molar-refractivity contribution in [1.29, 1.82) is 0 Å². The Morgan fingerprint density at radius 3 is 2.81 bits per heavy atom. The molecule has 0 atom stereocenters. The normalized spacial score (nSPS) is 15.1. The van der Waals surface area contributed by atoms with Gasteiger partial charge >= 0.3 is 0 Å². The SMILES string of the molecule is CCCOCCCNC(=O)CCNC1CC1. The Labute approximate surface area is 98.1 Å². The molecule has 1 aliphatic carbocycles. The first-order chi connectivity index (χ1) is 7.83. The van der Waals surface area contributed by atoms with E-state index in [1.165, 1.54) is 12.8 Å². The molecular formula is C12H24N2O2. The van der Waals surface area contributed by atoms with E-state index in [4.69, 9.17) is 4.74 Å². The van der Waals surface area contributed by atoms with Crippen molar-refractivity contribution in [1.82, 2.24) is 10.6 Å². The Kier molecular flexibility index (Phi) is 7.17. The van der Waals surface area contributed by atoms with Crippen molar-refractivity contribution in [2.75, 3.05) is 26.3 Å². The zero-order chi connectivity index (χ0) is 11.6. The van der Waals surface area contributed by atoms with Crippen LogP contribution in [0.5, 0.6) is 0 Å². The van der Waals surface area contributed by atoms with Crippen LogP contribution in [-0.4, -0.2) is 38.3 Å². The molecule has 1 amide bonds. The summed E-state index contributed by atoms with van der Waals surface area (Å²) in [6, 6.07) is 0.690. The van der Waals surface area contributed by atoms with Crippen molar-refractivity contribution >= 4 is 5.91 Å². The van der Waals surface area contributed by atoms with Crippen LogP contribution < -0.4 is 10.6 Å². The van der Waals surface area contributed by atoms with Crippen LogP contribution in [0.15, 0.2) is 0 Å². The topological polar surface area (TPSA) is 50.4 Å². The fraction of sp³-hybridized carbons (Fsp3) is 0.917. The van der Waals surface area contributed by atoms with Crippen LogP contribution in [0.1, 0.15) is 39.0 Å². The van der Waals surface area contributed by atoms with Crippen LogP contribution in [0.2, 0.25) is 0 Å². The highest BCUT2D eigenvalue weighted by Gasteiger charge is 2.19. The van der Waals surface area contributed by atoms with Crippen LogP contribution in [0.25, 0.3) is 0 Å². The molecule has 1 saturated carbocycles. The number of nitrogens with one attached hydrogen (secondary N) is 2. The average Bonchev–Trinajstić information content (AvgIpc) is 3.07. The highest BCUT2D eigenvalue weighted by atomic mass is 16.5. The standard InChI is InChI=1S/C12H24N2O2/c1-2-9-16-10-3-7-14-12(15)6-8-13-11-4-5-11/h11,13H,2-10H2,1H3,(H,14,15). The van der Waals surface area contributed by atoms with Crippen molar-refractivity contribution < 1.29 is 9.53 Å². The summed E-state index contributed by atoms with van der Waals surface area (Å²) in [6.07, 6.45) is 5.10. The van der Waals surface area contributed by atoms with Gasteiger partial charge in [0, 0.05) is 38.8 Å². The Morgan fingerprint density at radius 1 is 1.31 bits per heavy atom. The van der Waals surface area contributed by atoms with Gasteiger partial charge in [0.15, 0.2) is 0 Å². The lowest BCUT2D eigenvalue weighted by Crippen LogP contribution is -2.29. The number of hydrogen-bond acceptors (Lipinski definition) is 3. The number of ether oxygens (including phenoxy) is 1. The van der Waals surface area contributed by atoms with E-state index in [9.17, 15) is 4.79 Å². The Morgan fingerprint density at radius 2 is 2.12 bits per heavy atom. The van der Waals surface area contributed by atoms with E-state index in [0.717, 1.165) is 39.1 Å². The minimum absolute atomic E-state index is 0.142. The molecule has 1 fully saturated rings. The van der Waals surface area contributed by atoms with E-state index < -0.39 is 0 Å². The third-order valence-corrected chi connectivity index (χ3v) is 2.50. The first-order valence-electron chi connectivity index (χ1n) is 6.40. The fourth-order valence-corrected chi connectivity index (χ4v) is 1.41. The fourth-order valence-electron chi connectivity index (χ4n) is 1.41. The van der Waals surface area contributed by atoms with Crippen molar-refractivity contribution in [3.8, 4) is 0 Å². The Balaban J connectivity index is 1.78. The molecule has 1 rings (SSSR count). The van der Waals surface area contributed by atoms with Crippen LogP contribution in [-0.2, 0) is 9.53 Å². The molecule has 0 unspecified atom stereocenters. The van der Waals surface area contributed by atoms with Gasteiger partial charge in [0.05, 0.1) is 0 Å². The van der Waals surface area contributed by atoms with Gasteiger partial charge in [-0.25, -0.2) is 0 Å². The molecule has 4 nitrogen and oxygen atoms in total. The highest BCUT2D eigenvalue weighted by Crippen LogP contribution is 2.18. The molecule has 1 aliphatic rings. The van der Waals surface area contributed by atoms with E-state index >= 15 is 0 Å². The molecule has 2 N–H and O–H groups in total. The van der Waals surface area contributed by atoms with Gasteiger partial charge in [-0.1, -0.05) is 6.92 Å². The predicted octanol–water partition coefficient (Wildman–Crippen LogP) is 1.06. The maximum Gasteiger partial charge on any atom is 0.221 e. The average molecular weight is 228 g/mol. The highest BCUT2D eigenvalue weighted by molar-refractivity contribution is 5.75. The third-order valence-electron chi connectivity index (χ3n) is 2.50. The predicted molar refractivity (Wildman–Crippen MR) is 64.4 cm³/mol. The summed E-state index contributed by atoms with van der Waals surface area (Å²) in [5.41, 5.74) is 0. The van der Waals surface area contributed by atoms with Crippen molar-refractivity contribution in [2.45, 2.75) is 45.1 Å². The molecule has 0 aliphatic heterocycles. The first kappa shape index (κ1) is 13.5. The van der Waals surface area contributed by atoms with Gasteiger partial charge in [0.2, 0.25) is 5.91 Å². The molecule has 0 aromatic rings. The molecule has 0 saturated heterocycles. The molecular weight excluding hydrogens is 204 g/mol. The molecule has 0 radical (unpaired) electrons. The Bertz CT molecular complexity index is 193. The summed E-state index contributed by atoms with van der Waals surface area (Å²) in [5, 5.41) is 6.22. The van der Waals surface area contributed by atoms with E-state index in [1.54, 1.807) is 0 Å². The zero-order valence-corrected chi connectivity index (χ0v) is 10.3. The van der Waals surface area contributed by atoms with Crippen LogP contribution in [0, 0.1) is 0 Å². The number of hydrogen-bond donors (Lipinski definition) is 2. The van der Waals surface area contributed by atoms with Crippen molar-refractivity contribution in [2.24, 2.45) is 0 Å². The molecule has 0 bridgehead atoms. The third kappa shape index (κ3) is 7.65.